The molecule has 20 heavy (non-hydrogen) atoms. The number of aromatic nitrogens is 2. The van der Waals surface area contributed by atoms with Gasteiger partial charge < -0.3 is 9.72 Å². The van der Waals surface area contributed by atoms with Crippen LogP contribution in [0.4, 0.5) is 5.69 Å². The van der Waals surface area contributed by atoms with Gasteiger partial charge in [0.2, 0.25) is 0 Å². The van der Waals surface area contributed by atoms with Crippen molar-refractivity contribution in [1.82, 2.24) is 9.38 Å². The third-order valence-electron chi connectivity index (χ3n) is 2.98. The minimum absolute atomic E-state index is 0.576. The smallest absolute Gasteiger partial charge is 0.137 e. The van der Waals surface area contributed by atoms with Crippen molar-refractivity contribution >= 4 is 27.3 Å². The Morgan fingerprint density at radius 1 is 1.30 bits per heavy atom. The van der Waals surface area contributed by atoms with Crippen LogP contribution in [0.2, 0.25) is 0 Å². The Labute approximate surface area is 124 Å². The quantitative estimate of drug-likeness (QED) is 0.800. The number of halogens is 1. The van der Waals surface area contributed by atoms with E-state index in [1.165, 1.54) is 0 Å². The molecular weight excluding hydrogens is 316 g/mol. The van der Waals surface area contributed by atoms with Gasteiger partial charge in [-0.2, -0.15) is 5.26 Å². The lowest BCUT2D eigenvalue weighted by atomic mass is 10.2. The number of imidazole rings is 1. The van der Waals surface area contributed by atoms with Crippen LogP contribution in [0.5, 0.6) is 0 Å². The summed E-state index contributed by atoms with van der Waals surface area (Å²) in [6, 6.07) is 13.6. The highest BCUT2D eigenvalue weighted by Gasteiger charge is 2.04. The number of pyridine rings is 1. The van der Waals surface area contributed by atoms with Crippen molar-refractivity contribution in [2.45, 2.75) is 6.54 Å². The topological polar surface area (TPSA) is 53.1 Å². The summed E-state index contributed by atoms with van der Waals surface area (Å²) in [6.07, 6.45) is 3.94. The fraction of sp³-hybridized carbons (Fsp3) is 0.0667. The molecule has 1 aromatic carbocycles. The number of anilines is 1. The molecule has 98 valence electrons. The highest BCUT2D eigenvalue weighted by Crippen LogP contribution is 2.21. The summed E-state index contributed by atoms with van der Waals surface area (Å²) in [5.41, 5.74) is 3.27. The van der Waals surface area contributed by atoms with Gasteiger partial charge in [-0.25, -0.2) is 4.98 Å². The molecular formula is C15H11BrN4. The number of benzene rings is 1. The number of nitrogens with one attached hydrogen (secondary N) is 1. The van der Waals surface area contributed by atoms with Crippen molar-refractivity contribution in [1.29, 1.82) is 5.26 Å². The molecule has 2 heterocycles. The summed E-state index contributed by atoms with van der Waals surface area (Å²) in [6.45, 7) is 0.576. The molecule has 4 nitrogen and oxygen atoms in total. The van der Waals surface area contributed by atoms with E-state index in [9.17, 15) is 0 Å². The van der Waals surface area contributed by atoms with E-state index in [0.717, 1.165) is 21.5 Å². The van der Waals surface area contributed by atoms with Gasteiger partial charge in [-0.15, -0.1) is 0 Å². The second-order valence-electron chi connectivity index (χ2n) is 4.35. The van der Waals surface area contributed by atoms with E-state index >= 15 is 0 Å². The average Bonchev–Trinajstić information content (AvgIpc) is 2.88. The molecule has 0 aliphatic heterocycles. The Morgan fingerprint density at radius 3 is 3.00 bits per heavy atom. The summed E-state index contributed by atoms with van der Waals surface area (Å²) >= 11 is 3.41. The second-order valence-corrected chi connectivity index (χ2v) is 5.27. The third-order valence-corrected chi connectivity index (χ3v) is 3.47. The Hall–Kier alpha value is -2.32. The lowest BCUT2D eigenvalue weighted by Gasteiger charge is -2.06. The SMILES string of the molecule is N#Cc1ccc(Br)cc1NCc1cn2ccccc2n1. The maximum Gasteiger partial charge on any atom is 0.137 e. The summed E-state index contributed by atoms with van der Waals surface area (Å²) in [5, 5.41) is 12.3. The van der Waals surface area contributed by atoms with Gasteiger partial charge >= 0.3 is 0 Å². The van der Waals surface area contributed by atoms with Gasteiger partial charge in [0.25, 0.3) is 0 Å². The summed E-state index contributed by atoms with van der Waals surface area (Å²) in [5.74, 6) is 0. The number of hydrogen-bond donors (Lipinski definition) is 1. The lowest BCUT2D eigenvalue weighted by Crippen LogP contribution is -2.01. The van der Waals surface area contributed by atoms with Crippen molar-refractivity contribution in [3.63, 3.8) is 0 Å². The van der Waals surface area contributed by atoms with Crippen LogP contribution >= 0.6 is 15.9 Å². The minimum Gasteiger partial charge on any atom is -0.378 e. The average molecular weight is 327 g/mol. The van der Waals surface area contributed by atoms with Crippen LogP contribution in [0.25, 0.3) is 5.65 Å². The van der Waals surface area contributed by atoms with Crippen LogP contribution in [0.1, 0.15) is 11.3 Å². The van der Waals surface area contributed by atoms with Crippen molar-refractivity contribution in [3.8, 4) is 6.07 Å². The van der Waals surface area contributed by atoms with Crippen molar-refractivity contribution in [3.05, 3.63) is 64.5 Å². The van der Waals surface area contributed by atoms with Gasteiger partial charge in [0.1, 0.15) is 11.7 Å². The normalized spacial score (nSPS) is 10.4. The number of nitrogens with zero attached hydrogens (tertiary/aromatic N) is 3. The second kappa shape index (κ2) is 5.35. The summed E-state index contributed by atoms with van der Waals surface area (Å²) in [7, 11) is 0. The van der Waals surface area contributed by atoms with Gasteiger partial charge in [0.05, 0.1) is 23.5 Å². The Kier molecular flexibility index (Phi) is 3.40. The Balaban J connectivity index is 1.83. The maximum atomic E-state index is 9.10. The third kappa shape index (κ3) is 2.51. The molecule has 0 atom stereocenters. The van der Waals surface area contributed by atoms with Gasteiger partial charge in [-0.3, -0.25) is 0 Å². The van der Waals surface area contributed by atoms with Gasteiger partial charge in [-0.05, 0) is 30.3 Å². The molecule has 3 aromatic rings. The fourth-order valence-electron chi connectivity index (χ4n) is 2.02. The highest BCUT2D eigenvalue weighted by atomic mass is 79.9. The highest BCUT2D eigenvalue weighted by molar-refractivity contribution is 9.10. The maximum absolute atomic E-state index is 9.10. The number of hydrogen-bond acceptors (Lipinski definition) is 3. The van der Waals surface area contributed by atoms with E-state index in [2.05, 4.69) is 32.3 Å². The molecule has 0 saturated heterocycles. The molecule has 0 aliphatic rings. The number of rotatable bonds is 3. The van der Waals surface area contributed by atoms with E-state index in [0.29, 0.717) is 12.1 Å². The van der Waals surface area contributed by atoms with Crippen molar-refractivity contribution in [2.75, 3.05) is 5.32 Å². The first-order valence-corrected chi connectivity index (χ1v) is 6.92. The number of nitriles is 1. The molecule has 0 aliphatic carbocycles. The molecule has 0 spiro atoms. The first kappa shape index (κ1) is 12.7. The van der Waals surface area contributed by atoms with Gasteiger partial charge in [-0.1, -0.05) is 22.0 Å². The molecule has 0 radical (unpaired) electrons. The Morgan fingerprint density at radius 2 is 2.20 bits per heavy atom. The standard InChI is InChI=1S/C15H11BrN4/c16-12-5-4-11(8-17)14(7-12)18-9-13-10-20-6-2-1-3-15(20)19-13/h1-7,10,18H,9H2. The van der Waals surface area contributed by atoms with Crippen LogP contribution in [0, 0.1) is 11.3 Å². The monoisotopic (exact) mass is 326 g/mol. The Bertz CT molecular complexity index is 768. The predicted molar refractivity (Wildman–Crippen MR) is 81.4 cm³/mol. The molecule has 0 unspecified atom stereocenters. The summed E-state index contributed by atoms with van der Waals surface area (Å²) in [4.78, 5) is 4.51. The largest absolute Gasteiger partial charge is 0.378 e. The van der Waals surface area contributed by atoms with Crippen molar-refractivity contribution < 1.29 is 0 Å². The lowest BCUT2D eigenvalue weighted by molar-refractivity contribution is 1.08. The van der Waals surface area contributed by atoms with Crippen LogP contribution < -0.4 is 5.32 Å². The van der Waals surface area contributed by atoms with E-state index in [1.54, 1.807) is 6.07 Å². The van der Waals surface area contributed by atoms with Gasteiger partial charge in [0, 0.05) is 16.9 Å². The molecule has 0 fully saturated rings. The molecule has 0 saturated carbocycles. The van der Waals surface area contributed by atoms with Crippen molar-refractivity contribution in [2.24, 2.45) is 0 Å². The molecule has 5 heteroatoms. The zero-order valence-corrected chi connectivity index (χ0v) is 12.1. The van der Waals surface area contributed by atoms with Crippen LogP contribution in [0.15, 0.2) is 53.3 Å². The van der Waals surface area contributed by atoms with Crippen LogP contribution in [0.3, 0.4) is 0 Å². The molecule has 0 bridgehead atoms. The zero-order chi connectivity index (χ0) is 13.9. The molecule has 0 amide bonds. The number of fused-ring (bicyclic) bond motifs is 1. The van der Waals surface area contributed by atoms with E-state index in [4.69, 9.17) is 5.26 Å². The minimum atomic E-state index is 0.576. The van der Waals surface area contributed by atoms with Crippen LogP contribution in [-0.2, 0) is 6.54 Å². The zero-order valence-electron chi connectivity index (χ0n) is 10.5. The molecule has 2 aromatic heterocycles. The van der Waals surface area contributed by atoms with E-state index in [-0.39, 0.29) is 0 Å². The first-order valence-electron chi connectivity index (χ1n) is 6.12. The van der Waals surface area contributed by atoms with Gasteiger partial charge in [0.15, 0.2) is 0 Å². The predicted octanol–water partition coefficient (Wildman–Crippen LogP) is 3.58. The fourth-order valence-corrected chi connectivity index (χ4v) is 2.38. The summed E-state index contributed by atoms with van der Waals surface area (Å²) < 4.78 is 2.91. The molecule has 3 rings (SSSR count). The van der Waals surface area contributed by atoms with E-state index in [1.807, 2.05) is 47.1 Å². The first-order chi connectivity index (χ1) is 9.76. The molecule has 1 N–H and O–H groups in total. The van der Waals surface area contributed by atoms with E-state index < -0.39 is 0 Å². The van der Waals surface area contributed by atoms with Crippen LogP contribution in [-0.4, -0.2) is 9.38 Å².